The molecule has 0 saturated heterocycles. The lowest BCUT2D eigenvalue weighted by molar-refractivity contribution is 0.0935. The van der Waals surface area contributed by atoms with Crippen LogP contribution in [-0.2, 0) is 6.42 Å². The number of aromatic nitrogens is 1. The SMILES string of the molecule is C[C@@H](NC(=O)c1csc(CCN)n1)c1ccc(F)cc1. The minimum Gasteiger partial charge on any atom is -0.344 e. The van der Waals surface area contributed by atoms with Gasteiger partial charge in [-0.25, -0.2) is 9.37 Å². The van der Waals surface area contributed by atoms with E-state index in [1.807, 2.05) is 6.92 Å². The second kappa shape index (κ2) is 6.58. The first-order valence-corrected chi connectivity index (χ1v) is 7.19. The molecule has 1 heterocycles. The number of hydrogen-bond acceptors (Lipinski definition) is 4. The van der Waals surface area contributed by atoms with Gasteiger partial charge in [0.2, 0.25) is 0 Å². The number of hydrogen-bond donors (Lipinski definition) is 2. The zero-order valence-electron chi connectivity index (χ0n) is 11.1. The number of nitrogens with one attached hydrogen (secondary N) is 1. The van der Waals surface area contributed by atoms with Crippen LogP contribution in [0.5, 0.6) is 0 Å². The average Bonchev–Trinajstić information content (AvgIpc) is 2.88. The maximum absolute atomic E-state index is 12.8. The molecule has 0 radical (unpaired) electrons. The predicted octanol–water partition coefficient (Wildman–Crippen LogP) is 2.27. The van der Waals surface area contributed by atoms with Crippen molar-refractivity contribution in [3.63, 3.8) is 0 Å². The van der Waals surface area contributed by atoms with Crippen LogP contribution in [0.25, 0.3) is 0 Å². The second-order valence-electron chi connectivity index (χ2n) is 4.41. The normalized spacial score (nSPS) is 12.2. The number of nitrogens with zero attached hydrogens (tertiary/aromatic N) is 1. The van der Waals surface area contributed by atoms with Crippen molar-refractivity contribution in [2.24, 2.45) is 5.73 Å². The maximum Gasteiger partial charge on any atom is 0.271 e. The topological polar surface area (TPSA) is 68.0 Å². The highest BCUT2D eigenvalue weighted by Gasteiger charge is 2.14. The Morgan fingerprint density at radius 3 is 2.80 bits per heavy atom. The number of nitrogens with two attached hydrogens (primary N) is 1. The molecular weight excluding hydrogens is 277 g/mol. The Hall–Kier alpha value is -1.79. The van der Waals surface area contributed by atoms with Crippen molar-refractivity contribution >= 4 is 17.2 Å². The van der Waals surface area contributed by atoms with Crippen molar-refractivity contribution in [2.75, 3.05) is 6.54 Å². The quantitative estimate of drug-likeness (QED) is 0.888. The van der Waals surface area contributed by atoms with Crippen LogP contribution >= 0.6 is 11.3 Å². The Kier molecular flexibility index (Phi) is 4.81. The first-order valence-electron chi connectivity index (χ1n) is 6.31. The van der Waals surface area contributed by atoms with Crippen LogP contribution in [-0.4, -0.2) is 17.4 Å². The van der Waals surface area contributed by atoms with Gasteiger partial charge in [0.15, 0.2) is 0 Å². The van der Waals surface area contributed by atoms with Crippen molar-refractivity contribution in [3.05, 3.63) is 51.7 Å². The highest BCUT2D eigenvalue weighted by atomic mass is 32.1. The molecule has 0 aliphatic carbocycles. The van der Waals surface area contributed by atoms with Crippen molar-refractivity contribution in [2.45, 2.75) is 19.4 Å². The minimum absolute atomic E-state index is 0.206. The zero-order valence-corrected chi connectivity index (χ0v) is 11.9. The van der Waals surface area contributed by atoms with Crippen LogP contribution in [0, 0.1) is 5.82 Å². The monoisotopic (exact) mass is 293 g/mol. The number of halogens is 1. The summed E-state index contributed by atoms with van der Waals surface area (Å²) in [6.07, 6.45) is 0.672. The molecule has 1 aromatic heterocycles. The van der Waals surface area contributed by atoms with Gasteiger partial charge in [0.1, 0.15) is 11.5 Å². The molecule has 0 spiro atoms. The summed E-state index contributed by atoms with van der Waals surface area (Å²) in [6, 6.07) is 5.85. The van der Waals surface area contributed by atoms with Crippen LogP contribution in [0.4, 0.5) is 4.39 Å². The fourth-order valence-corrected chi connectivity index (χ4v) is 2.55. The molecule has 1 amide bonds. The van der Waals surface area contributed by atoms with Gasteiger partial charge in [0.05, 0.1) is 11.0 Å². The van der Waals surface area contributed by atoms with Gasteiger partial charge in [-0.3, -0.25) is 4.79 Å². The van der Waals surface area contributed by atoms with Gasteiger partial charge in [-0.15, -0.1) is 11.3 Å². The molecule has 106 valence electrons. The number of carbonyl (C=O) groups excluding carboxylic acids is 1. The van der Waals surface area contributed by atoms with Gasteiger partial charge in [0.25, 0.3) is 5.91 Å². The van der Waals surface area contributed by atoms with E-state index in [-0.39, 0.29) is 17.8 Å². The lowest BCUT2D eigenvalue weighted by Gasteiger charge is -2.13. The van der Waals surface area contributed by atoms with Crippen LogP contribution in [0.1, 0.15) is 34.0 Å². The van der Waals surface area contributed by atoms with Gasteiger partial charge in [-0.05, 0) is 31.2 Å². The molecule has 1 aromatic carbocycles. The van der Waals surface area contributed by atoms with Gasteiger partial charge >= 0.3 is 0 Å². The van der Waals surface area contributed by atoms with Gasteiger partial charge in [-0.1, -0.05) is 12.1 Å². The average molecular weight is 293 g/mol. The summed E-state index contributed by atoms with van der Waals surface area (Å²) in [6.45, 7) is 2.36. The number of rotatable bonds is 5. The number of benzene rings is 1. The van der Waals surface area contributed by atoms with Gasteiger partial charge in [-0.2, -0.15) is 0 Å². The zero-order chi connectivity index (χ0) is 14.5. The van der Waals surface area contributed by atoms with E-state index in [0.717, 1.165) is 10.6 Å². The summed E-state index contributed by atoms with van der Waals surface area (Å²) in [5.74, 6) is -0.528. The molecule has 2 aromatic rings. The molecule has 0 bridgehead atoms. The van der Waals surface area contributed by atoms with E-state index >= 15 is 0 Å². The highest BCUT2D eigenvalue weighted by Crippen LogP contribution is 2.15. The van der Waals surface area contributed by atoms with E-state index in [4.69, 9.17) is 5.73 Å². The number of amides is 1. The van der Waals surface area contributed by atoms with Crippen molar-refractivity contribution in [1.29, 1.82) is 0 Å². The van der Waals surface area contributed by atoms with E-state index in [1.165, 1.54) is 23.5 Å². The standard InChI is InChI=1S/C14H16FN3OS/c1-9(10-2-4-11(15)5-3-10)17-14(19)12-8-20-13(18-12)6-7-16/h2-5,8-9H,6-7,16H2,1H3,(H,17,19)/t9-/m1/s1. The summed E-state index contributed by atoms with van der Waals surface area (Å²) < 4.78 is 12.8. The molecule has 4 nitrogen and oxygen atoms in total. The summed E-state index contributed by atoms with van der Waals surface area (Å²) >= 11 is 1.43. The molecule has 0 unspecified atom stereocenters. The summed E-state index contributed by atoms with van der Waals surface area (Å²) in [5, 5.41) is 5.41. The second-order valence-corrected chi connectivity index (χ2v) is 5.35. The third-order valence-corrected chi connectivity index (χ3v) is 3.77. The highest BCUT2D eigenvalue weighted by molar-refractivity contribution is 7.09. The summed E-state index contributed by atoms with van der Waals surface area (Å²) in [5.41, 5.74) is 6.69. The molecule has 0 aliphatic rings. The van der Waals surface area contributed by atoms with E-state index < -0.39 is 0 Å². The predicted molar refractivity (Wildman–Crippen MR) is 77.2 cm³/mol. The van der Waals surface area contributed by atoms with Crippen LogP contribution in [0.15, 0.2) is 29.6 Å². The van der Waals surface area contributed by atoms with E-state index in [1.54, 1.807) is 17.5 Å². The number of thiazole rings is 1. The smallest absolute Gasteiger partial charge is 0.271 e. The van der Waals surface area contributed by atoms with Crippen molar-refractivity contribution in [3.8, 4) is 0 Å². The van der Waals surface area contributed by atoms with Crippen molar-refractivity contribution < 1.29 is 9.18 Å². The Morgan fingerprint density at radius 2 is 2.15 bits per heavy atom. The fourth-order valence-electron chi connectivity index (χ4n) is 1.76. The molecule has 6 heteroatoms. The Balaban J connectivity index is 2.01. The van der Waals surface area contributed by atoms with Gasteiger partial charge in [0, 0.05) is 11.8 Å². The fraction of sp³-hybridized carbons (Fsp3) is 0.286. The van der Waals surface area contributed by atoms with Crippen molar-refractivity contribution in [1.82, 2.24) is 10.3 Å². The van der Waals surface area contributed by atoms with E-state index in [2.05, 4.69) is 10.3 Å². The minimum atomic E-state index is -0.293. The lowest BCUT2D eigenvalue weighted by atomic mass is 10.1. The first kappa shape index (κ1) is 14.6. The van der Waals surface area contributed by atoms with Crippen LogP contribution in [0.3, 0.4) is 0 Å². The Morgan fingerprint density at radius 1 is 1.45 bits per heavy atom. The largest absolute Gasteiger partial charge is 0.344 e. The molecule has 0 fully saturated rings. The molecule has 20 heavy (non-hydrogen) atoms. The molecule has 0 saturated carbocycles. The van der Waals surface area contributed by atoms with Crippen LogP contribution < -0.4 is 11.1 Å². The first-order chi connectivity index (χ1) is 9.60. The molecule has 1 atom stereocenters. The summed E-state index contributed by atoms with van der Waals surface area (Å²) in [7, 11) is 0. The molecule has 0 aliphatic heterocycles. The van der Waals surface area contributed by atoms with E-state index in [0.29, 0.717) is 18.7 Å². The molecular formula is C14H16FN3OS. The Bertz CT molecular complexity index is 582. The van der Waals surface area contributed by atoms with E-state index in [9.17, 15) is 9.18 Å². The number of carbonyl (C=O) groups is 1. The maximum atomic E-state index is 12.8. The molecule has 2 rings (SSSR count). The van der Waals surface area contributed by atoms with Crippen LogP contribution in [0.2, 0.25) is 0 Å². The lowest BCUT2D eigenvalue weighted by Crippen LogP contribution is -2.27. The van der Waals surface area contributed by atoms with Gasteiger partial charge < -0.3 is 11.1 Å². The third kappa shape index (κ3) is 3.61. The Labute approximate surface area is 120 Å². The summed E-state index contributed by atoms with van der Waals surface area (Å²) in [4.78, 5) is 16.3. The third-order valence-electron chi connectivity index (χ3n) is 2.86. The molecule has 3 N–H and O–H groups in total.